The molecule has 0 heterocycles. The Kier molecular flexibility index (Phi) is 3.85. The maximum atomic E-state index is 12.5. The first kappa shape index (κ1) is 17.2. The highest BCUT2D eigenvalue weighted by Crippen LogP contribution is 2.61. The van der Waals surface area contributed by atoms with Crippen molar-refractivity contribution in [3.05, 3.63) is 0 Å². The number of hydrogen-bond acceptors (Lipinski definition) is 6. The van der Waals surface area contributed by atoms with Gasteiger partial charge < -0.3 is 15.3 Å². The summed E-state index contributed by atoms with van der Waals surface area (Å²) in [5.74, 6) is -6.97. The lowest BCUT2D eigenvalue weighted by atomic mass is 9.58. The molecule has 6 atom stereocenters. The Morgan fingerprint density at radius 1 is 0.542 bits per heavy atom. The summed E-state index contributed by atoms with van der Waals surface area (Å²) in [6.45, 7) is 0. The highest BCUT2D eigenvalue weighted by atomic mass is 35.5. The van der Waals surface area contributed by atoms with E-state index < -0.39 is 87.3 Å². The second-order valence-electron chi connectivity index (χ2n) is 7.19. The molecule has 4 aliphatic rings. The molecular weight excluding hydrogens is 383 g/mol. The van der Waals surface area contributed by atoms with Crippen LogP contribution in [0.4, 0.5) is 0 Å². The number of Topliss-reactive ketones (excluding diaryl/α,β-unsaturated/α-hetero) is 3. The Bertz CT molecular complexity index is 543. The molecule has 0 aromatic carbocycles. The highest BCUT2D eigenvalue weighted by Gasteiger charge is 2.72. The molecule has 0 aliphatic heterocycles. The van der Waals surface area contributed by atoms with Crippen LogP contribution < -0.4 is 0 Å². The molecule has 0 radical (unpaired) electrons. The van der Waals surface area contributed by atoms with Crippen LogP contribution in [-0.2, 0) is 14.4 Å². The monoisotopic (exact) mass is 396 g/mol. The van der Waals surface area contributed by atoms with Crippen molar-refractivity contribution in [2.45, 2.75) is 34.4 Å². The number of rotatable bonds is 0. The second kappa shape index (κ2) is 5.38. The van der Waals surface area contributed by atoms with Gasteiger partial charge in [0.15, 0.2) is 17.3 Å². The number of carbonyl (C=O) groups is 3. The molecule has 0 amide bonds. The topological polar surface area (TPSA) is 112 Å². The minimum atomic E-state index is -1.30. The third kappa shape index (κ3) is 1.82. The maximum absolute atomic E-state index is 12.5. The molecular formula is C15H15Cl3O6. The highest BCUT2D eigenvalue weighted by molar-refractivity contribution is 6.35. The number of aliphatic hydroxyl groups excluding tert-OH is 3. The summed E-state index contributed by atoms with van der Waals surface area (Å²) in [6, 6.07) is 0. The summed E-state index contributed by atoms with van der Waals surface area (Å²) in [7, 11) is 0. The summed E-state index contributed by atoms with van der Waals surface area (Å²) in [5, 5.41) is 27.5. The van der Waals surface area contributed by atoms with Crippen molar-refractivity contribution in [2.24, 2.45) is 35.5 Å². The zero-order chi connectivity index (χ0) is 17.7. The number of alkyl halides is 3. The molecule has 6 unspecified atom stereocenters. The van der Waals surface area contributed by atoms with Gasteiger partial charge in [0.25, 0.3) is 0 Å². The lowest BCUT2D eigenvalue weighted by Gasteiger charge is -2.44. The van der Waals surface area contributed by atoms with Crippen molar-refractivity contribution in [1.82, 2.24) is 0 Å². The SMILES string of the molecule is O=C1C(Cl)C(O)C2C1C1C(O)C(Cl)C(=O)C1C1C(O)C(Cl)C(=O)C21. The molecule has 0 aromatic rings. The average molecular weight is 398 g/mol. The van der Waals surface area contributed by atoms with Crippen molar-refractivity contribution in [3.8, 4) is 0 Å². The molecule has 3 N–H and O–H groups in total. The summed E-state index contributed by atoms with van der Waals surface area (Å²) >= 11 is 18.0. The fourth-order valence-electron chi connectivity index (χ4n) is 5.49. The van der Waals surface area contributed by atoms with Crippen LogP contribution in [0, 0.1) is 35.5 Å². The summed E-state index contributed by atoms with van der Waals surface area (Å²) in [4.78, 5) is 37.6. The number of halogens is 3. The molecule has 4 rings (SSSR count). The van der Waals surface area contributed by atoms with Gasteiger partial charge in [0.05, 0.1) is 18.3 Å². The normalized spacial score (nSPS) is 59.5. The Morgan fingerprint density at radius 3 is 0.958 bits per heavy atom. The Labute approximate surface area is 152 Å². The first-order valence-electron chi connectivity index (χ1n) is 7.77. The third-order valence-corrected chi connectivity index (χ3v) is 7.79. The fraction of sp³-hybridized carbons (Fsp3) is 0.800. The van der Waals surface area contributed by atoms with E-state index in [1.807, 2.05) is 0 Å². The zero-order valence-electron chi connectivity index (χ0n) is 12.1. The van der Waals surface area contributed by atoms with E-state index in [0.29, 0.717) is 0 Å². The van der Waals surface area contributed by atoms with Crippen LogP contribution in [0.15, 0.2) is 0 Å². The second-order valence-corrected chi connectivity index (χ2v) is 8.60. The van der Waals surface area contributed by atoms with Crippen molar-refractivity contribution < 1.29 is 29.7 Å². The van der Waals surface area contributed by atoms with Crippen LogP contribution in [0.1, 0.15) is 0 Å². The van der Waals surface area contributed by atoms with Crippen LogP contribution in [0.3, 0.4) is 0 Å². The Hall–Kier alpha value is -0.240. The molecule has 6 nitrogen and oxygen atoms in total. The van der Waals surface area contributed by atoms with E-state index in [2.05, 4.69) is 0 Å². The quantitative estimate of drug-likeness (QED) is 0.468. The van der Waals surface area contributed by atoms with Crippen LogP contribution in [0.2, 0.25) is 0 Å². The number of aliphatic hydroxyl groups is 3. The smallest absolute Gasteiger partial charge is 0.157 e. The molecule has 0 saturated heterocycles. The van der Waals surface area contributed by atoms with E-state index in [-0.39, 0.29) is 0 Å². The predicted octanol–water partition coefficient (Wildman–Crippen LogP) is -0.650. The number of hydrogen-bond donors (Lipinski definition) is 3. The summed E-state index contributed by atoms with van der Waals surface area (Å²) < 4.78 is 0. The van der Waals surface area contributed by atoms with Crippen molar-refractivity contribution in [2.75, 3.05) is 0 Å². The van der Waals surface area contributed by atoms with E-state index in [0.717, 1.165) is 0 Å². The van der Waals surface area contributed by atoms with Gasteiger partial charge in [0.2, 0.25) is 0 Å². The van der Waals surface area contributed by atoms with Gasteiger partial charge in [0, 0.05) is 35.5 Å². The minimum Gasteiger partial charge on any atom is -0.391 e. The van der Waals surface area contributed by atoms with E-state index in [4.69, 9.17) is 34.8 Å². The molecule has 24 heavy (non-hydrogen) atoms. The Balaban J connectivity index is 1.90. The minimum absolute atomic E-state index is 0.499. The van der Waals surface area contributed by atoms with E-state index in [1.165, 1.54) is 0 Å². The van der Waals surface area contributed by atoms with Crippen molar-refractivity contribution in [1.29, 1.82) is 0 Å². The summed E-state index contributed by atoms with van der Waals surface area (Å²) in [6.07, 6.45) is -3.90. The van der Waals surface area contributed by atoms with Gasteiger partial charge in [-0.15, -0.1) is 34.8 Å². The van der Waals surface area contributed by atoms with Crippen LogP contribution in [0.25, 0.3) is 0 Å². The van der Waals surface area contributed by atoms with Crippen LogP contribution in [0.5, 0.6) is 0 Å². The molecule has 9 heteroatoms. The van der Waals surface area contributed by atoms with Crippen molar-refractivity contribution in [3.63, 3.8) is 0 Å². The molecule has 0 bridgehead atoms. The largest absolute Gasteiger partial charge is 0.391 e. The lowest BCUT2D eigenvalue weighted by Crippen LogP contribution is -2.52. The Morgan fingerprint density at radius 2 is 0.750 bits per heavy atom. The standard InChI is InChI=1S/C15H15Cl3O6/c16-7-10(19)1-2(11(7)20)4-6(15(24)9(18)14(4)23)5-3(1)12(21)8(17)13(5)22/h1-10,13-14,19,22-23H. The number of carbonyl (C=O) groups excluding carboxylic acids is 3. The van der Waals surface area contributed by atoms with E-state index >= 15 is 0 Å². The molecule has 4 aliphatic carbocycles. The van der Waals surface area contributed by atoms with Crippen LogP contribution >= 0.6 is 34.8 Å². The molecule has 0 aromatic heterocycles. The predicted molar refractivity (Wildman–Crippen MR) is 82.9 cm³/mol. The van der Waals surface area contributed by atoms with E-state index in [1.54, 1.807) is 0 Å². The van der Waals surface area contributed by atoms with Crippen molar-refractivity contribution >= 4 is 52.2 Å². The molecule has 132 valence electrons. The maximum Gasteiger partial charge on any atom is 0.157 e. The van der Waals surface area contributed by atoms with Crippen LogP contribution in [-0.4, -0.2) is 67.1 Å². The van der Waals surface area contributed by atoms with Gasteiger partial charge in [0.1, 0.15) is 16.1 Å². The van der Waals surface area contributed by atoms with Gasteiger partial charge >= 0.3 is 0 Å². The number of fused-ring (bicyclic) bond motifs is 6. The van der Waals surface area contributed by atoms with Gasteiger partial charge in [-0.05, 0) is 0 Å². The van der Waals surface area contributed by atoms with E-state index in [9.17, 15) is 29.7 Å². The average Bonchev–Trinajstić information content (AvgIpc) is 3.02. The van der Waals surface area contributed by atoms with Gasteiger partial charge in [-0.3, -0.25) is 14.4 Å². The fourth-order valence-corrected chi connectivity index (χ4v) is 6.43. The number of ketones is 3. The summed E-state index contributed by atoms with van der Waals surface area (Å²) in [5.41, 5.74) is 0. The van der Waals surface area contributed by atoms with Gasteiger partial charge in [-0.1, -0.05) is 0 Å². The van der Waals surface area contributed by atoms with Gasteiger partial charge in [-0.2, -0.15) is 0 Å². The third-order valence-electron chi connectivity index (χ3n) is 6.37. The first-order valence-corrected chi connectivity index (χ1v) is 9.08. The molecule has 4 saturated carbocycles. The molecule has 0 spiro atoms. The van der Waals surface area contributed by atoms with Gasteiger partial charge in [-0.25, -0.2) is 0 Å². The first-order chi connectivity index (χ1) is 11.2. The molecule has 4 fully saturated rings. The lowest BCUT2D eigenvalue weighted by molar-refractivity contribution is -0.142. The zero-order valence-corrected chi connectivity index (χ0v) is 14.4.